The number of aliphatic hydroxyl groups is 2. The van der Waals surface area contributed by atoms with Crippen LogP contribution in [0.1, 0.15) is 27.2 Å². The molecule has 20 heavy (non-hydrogen) atoms. The van der Waals surface area contributed by atoms with Crippen molar-refractivity contribution in [3.8, 4) is 0 Å². The summed E-state index contributed by atoms with van der Waals surface area (Å²) in [6.45, 7) is 6.46. The van der Waals surface area contributed by atoms with E-state index in [9.17, 15) is 15.0 Å². The first-order valence-electron chi connectivity index (χ1n) is 7.46. The quantitative estimate of drug-likeness (QED) is 0.605. The number of hydrogen-bond donors (Lipinski definition) is 2. The lowest BCUT2D eigenvalue weighted by molar-refractivity contribution is -0.135. The van der Waals surface area contributed by atoms with Gasteiger partial charge in [0.2, 0.25) is 0 Å². The Labute approximate surface area is 117 Å². The lowest BCUT2D eigenvalue weighted by Crippen LogP contribution is -2.52. The number of ether oxygens (including phenoxy) is 2. The first-order chi connectivity index (χ1) is 9.24. The Morgan fingerprint density at radius 2 is 1.85 bits per heavy atom. The Hall–Kier alpha value is -0.490. The van der Waals surface area contributed by atoms with Gasteiger partial charge in [-0.1, -0.05) is 20.8 Å². The fraction of sp³-hybridized carbons (Fsp3) is 0.933. The van der Waals surface area contributed by atoms with Crippen molar-refractivity contribution >= 4 is 5.78 Å². The van der Waals surface area contributed by atoms with Crippen LogP contribution < -0.4 is 0 Å². The highest BCUT2D eigenvalue weighted by Crippen LogP contribution is 2.80. The number of carbonyl (C=O) groups is 1. The molecule has 2 N–H and O–H groups in total. The van der Waals surface area contributed by atoms with Crippen molar-refractivity contribution in [3.63, 3.8) is 0 Å². The molecule has 5 nitrogen and oxygen atoms in total. The number of Topliss-reactive ketones (excluding diaryl/α,β-unsaturated/α-hetero) is 1. The zero-order valence-corrected chi connectivity index (χ0v) is 11.9. The third kappa shape index (κ3) is 0.815. The fourth-order valence-corrected chi connectivity index (χ4v) is 6.11. The van der Waals surface area contributed by atoms with E-state index in [2.05, 4.69) is 0 Å². The van der Waals surface area contributed by atoms with Crippen molar-refractivity contribution in [1.82, 2.24) is 0 Å². The summed E-state index contributed by atoms with van der Waals surface area (Å²) < 4.78 is 11.3. The molecule has 5 fully saturated rings. The highest BCUT2D eigenvalue weighted by molar-refractivity contribution is 6.02. The summed E-state index contributed by atoms with van der Waals surface area (Å²) in [4.78, 5) is 12.5. The van der Waals surface area contributed by atoms with Crippen molar-refractivity contribution < 1.29 is 24.5 Å². The van der Waals surface area contributed by atoms with E-state index in [1.165, 1.54) is 0 Å². The Kier molecular flexibility index (Phi) is 1.66. The van der Waals surface area contributed by atoms with Crippen LogP contribution in [-0.4, -0.2) is 52.1 Å². The van der Waals surface area contributed by atoms with Gasteiger partial charge in [0.25, 0.3) is 0 Å². The van der Waals surface area contributed by atoms with Crippen LogP contribution in [0.5, 0.6) is 0 Å². The number of fused-ring (bicyclic) bond motifs is 3. The van der Waals surface area contributed by atoms with Gasteiger partial charge in [-0.15, -0.1) is 0 Å². The van der Waals surface area contributed by atoms with Crippen LogP contribution >= 0.6 is 0 Å². The van der Waals surface area contributed by atoms with Gasteiger partial charge in [-0.3, -0.25) is 4.79 Å². The predicted molar refractivity (Wildman–Crippen MR) is 66.8 cm³/mol. The summed E-state index contributed by atoms with van der Waals surface area (Å²) in [5, 5.41) is 21.6. The van der Waals surface area contributed by atoms with E-state index >= 15 is 0 Å². The van der Waals surface area contributed by atoms with Crippen molar-refractivity contribution in [3.05, 3.63) is 0 Å². The van der Waals surface area contributed by atoms with Gasteiger partial charge in [0, 0.05) is 11.3 Å². The Balaban J connectivity index is 1.73. The Morgan fingerprint density at radius 3 is 2.45 bits per heavy atom. The molecular formula is C15H20O5. The minimum atomic E-state index is -0.808. The molecule has 2 heterocycles. The smallest absolute Gasteiger partial charge is 0.199 e. The van der Waals surface area contributed by atoms with Gasteiger partial charge < -0.3 is 19.7 Å². The molecule has 0 amide bonds. The third-order valence-electron chi connectivity index (χ3n) is 7.24. The average Bonchev–Trinajstić information content (AvgIpc) is 3.24. The second-order valence-electron chi connectivity index (χ2n) is 8.25. The SMILES string of the molecule is CC1(C)C[C@@H]2C(O)C34OC3C(=O)[C@@]3(CO3)[C@@]4(C)[C@@H]2[C@H]1O. The van der Waals surface area contributed by atoms with Crippen molar-refractivity contribution in [1.29, 1.82) is 0 Å². The van der Waals surface area contributed by atoms with Gasteiger partial charge in [-0.05, 0) is 17.8 Å². The predicted octanol–water partition coefficient (Wildman–Crippen LogP) is -0.120. The molecule has 8 atom stereocenters. The number of rotatable bonds is 0. The topological polar surface area (TPSA) is 82.6 Å². The molecule has 0 aromatic heterocycles. The van der Waals surface area contributed by atoms with Crippen LogP contribution in [0.3, 0.4) is 0 Å². The molecule has 0 radical (unpaired) electrons. The third-order valence-corrected chi connectivity index (χ3v) is 7.24. The molecule has 0 bridgehead atoms. The van der Waals surface area contributed by atoms with Crippen LogP contribution in [0.25, 0.3) is 0 Å². The summed E-state index contributed by atoms with van der Waals surface area (Å²) >= 11 is 0. The lowest BCUT2D eigenvalue weighted by Gasteiger charge is -2.39. The van der Waals surface area contributed by atoms with E-state index in [0.717, 1.165) is 6.42 Å². The summed E-state index contributed by atoms with van der Waals surface area (Å²) in [6, 6.07) is 0. The highest BCUT2D eigenvalue weighted by atomic mass is 16.7. The van der Waals surface area contributed by atoms with E-state index in [1.54, 1.807) is 0 Å². The maximum absolute atomic E-state index is 12.5. The molecule has 2 aliphatic heterocycles. The first-order valence-corrected chi connectivity index (χ1v) is 7.46. The molecule has 5 heteroatoms. The van der Waals surface area contributed by atoms with Crippen molar-refractivity contribution in [2.75, 3.05) is 6.61 Å². The average molecular weight is 280 g/mol. The number of epoxide rings is 2. The van der Waals surface area contributed by atoms with Crippen molar-refractivity contribution in [2.45, 2.75) is 56.7 Å². The van der Waals surface area contributed by atoms with E-state index in [1.807, 2.05) is 20.8 Å². The molecule has 2 saturated heterocycles. The van der Waals surface area contributed by atoms with Crippen molar-refractivity contribution in [2.24, 2.45) is 22.7 Å². The van der Waals surface area contributed by atoms with Gasteiger partial charge in [-0.25, -0.2) is 0 Å². The molecule has 3 saturated carbocycles. The summed E-state index contributed by atoms with van der Waals surface area (Å²) in [5.41, 5.74) is -2.45. The lowest BCUT2D eigenvalue weighted by atomic mass is 9.65. The van der Waals surface area contributed by atoms with Gasteiger partial charge in [0.05, 0.1) is 18.8 Å². The number of hydrogen-bond acceptors (Lipinski definition) is 5. The van der Waals surface area contributed by atoms with Crippen LogP contribution in [0, 0.1) is 22.7 Å². The van der Waals surface area contributed by atoms with E-state index in [4.69, 9.17) is 9.47 Å². The largest absolute Gasteiger partial charge is 0.392 e. The first kappa shape index (κ1) is 12.1. The number of carbonyl (C=O) groups excluding carboxylic acids is 1. The standard InChI is InChI=1S/C15H20O5/c1-12(2)4-6-7(9(12)17)13(3)14(5-19-14)10(18)11-15(13,20-11)8(6)16/h6-9,11,16-17H,4-5H2,1-3H3/t6-,7-,8?,9+,11?,13+,14-,15?/m0/s1. The number of ketones is 1. The molecule has 0 aromatic carbocycles. The molecule has 2 spiro atoms. The van der Waals surface area contributed by atoms with Gasteiger partial charge in [0.1, 0.15) is 5.60 Å². The second-order valence-corrected chi connectivity index (χ2v) is 8.25. The molecule has 0 aromatic rings. The molecule has 5 rings (SSSR count). The van der Waals surface area contributed by atoms with Crippen LogP contribution in [0.4, 0.5) is 0 Å². The Bertz CT molecular complexity index is 552. The summed E-state index contributed by atoms with van der Waals surface area (Å²) in [5.74, 6) is -0.162. The molecule has 5 aliphatic rings. The van der Waals surface area contributed by atoms with E-state index in [0.29, 0.717) is 6.61 Å². The normalized spacial score (nSPS) is 68.0. The summed E-state index contributed by atoms with van der Waals surface area (Å²) in [7, 11) is 0. The minimum Gasteiger partial charge on any atom is -0.392 e. The minimum absolute atomic E-state index is 0.0100. The monoisotopic (exact) mass is 280 g/mol. The second kappa shape index (κ2) is 2.74. The summed E-state index contributed by atoms with van der Waals surface area (Å²) in [6.07, 6.45) is -0.974. The maximum Gasteiger partial charge on any atom is 0.199 e. The molecule has 110 valence electrons. The number of aliphatic hydroxyl groups excluding tert-OH is 2. The van der Waals surface area contributed by atoms with Gasteiger partial charge in [-0.2, -0.15) is 0 Å². The van der Waals surface area contributed by atoms with Gasteiger partial charge in [0.15, 0.2) is 17.5 Å². The molecular weight excluding hydrogens is 260 g/mol. The molecule has 3 aliphatic carbocycles. The van der Waals surface area contributed by atoms with Crippen LogP contribution in [-0.2, 0) is 14.3 Å². The highest BCUT2D eigenvalue weighted by Gasteiger charge is 2.97. The molecule has 3 unspecified atom stereocenters. The maximum atomic E-state index is 12.5. The zero-order valence-electron chi connectivity index (χ0n) is 11.9. The zero-order chi connectivity index (χ0) is 14.3. The fourth-order valence-electron chi connectivity index (χ4n) is 6.11. The van der Waals surface area contributed by atoms with Gasteiger partial charge >= 0.3 is 0 Å². The Morgan fingerprint density at radius 1 is 1.20 bits per heavy atom. The van der Waals surface area contributed by atoms with Crippen LogP contribution in [0.15, 0.2) is 0 Å². The van der Waals surface area contributed by atoms with Crippen LogP contribution in [0.2, 0.25) is 0 Å². The van der Waals surface area contributed by atoms with E-state index < -0.39 is 34.9 Å². The van der Waals surface area contributed by atoms with E-state index in [-0.39, 0.29) is 23.0 Å².